The molecule has 0 spiro atoms. The van der Waals surface area contributed by atoms with E-state index in [0.29, 0.717) is 11.7 Å². The Labute approximate surface area is 173 Å². The Morgan fingerprint density at radius 3 is 2.10 bits per heavy atom. The van der Waals surface area contributed by atoms with Gasteiger partial charge in [0, 0.05) is 11.1 Å². The fraction of sp³-hybridized carbons (Fsp3) is 0.269. The van der Waals surface area contributed by atoms with E-state index in [2.05, 4.69) is 69.4 Å². The van der Waals surface area contributed by atoms with Crippen LogP contribution in [0.25, 0.3) is 0 Å². The van der Waals surface area contributed by atoms with E-state index >= 15 is 0 Å². The molecule has 0 heterocycles. The lowest BCUT2D eigenvalue weighted by molar-refractivity contribution is -0.118. The molecule has 150 valence electrons. The molecule has 0 saturated heterocycles. The monoisotopic (exact) mass is 387 g/mol. The van der Waals surface area contributed by atoms with E-state index in [1.165, 1.54) is 11.1 Å². The van der Waals surface area contributed by atoms with Crippen molar-refractivity contribution in [3.8, 4) is 5.75 Å². The Bertz CT molecular complexity index is 944. The van der Waals surface area contributed by atoms with Crippen molar-refractivity contribution in [2.45, 2.75) is 39.0 Å². The second-order valence-corrected chi connectivity index (χ2v) is 8.09. The van der Waals surface area contributed by atoms with Crippen molar-refractivity contribution in [2.24, 2.45) is 0 Å². The first kappa shape index (κ1) is 20.7. The zero-order valence-corrected chi connectivity index (χ0v) is 17.6. The van der Waals surface area contributed by atoms with Crippen LogP contribution >= 0.6 is 0 Å². The molecule has 3 nitrogen and oxygen atoms in total. The number of rotatable bonds is 7. The van der Waals surface area contributed by atoms with E-state index in [0.717, 1.165) is 11.3 Å². The van der Waals surface area contributed by atoms with Crippen molar-refractivity contribution in [1.82, 2.24) is 0 Å². The van der Waals surface area contributed by atoms with Gasteiger partial charge in [-0.25, -0.2) is 0 Å². The molecule has 29 heavy (non-hydrogen) atoms. The Kier molecular flexibility index (Phi) is 6.38. The van der Waals surface area contributed by atoms with Crippen LogP contribution in [0.2, 0.25) is 0 Å². The van der Waals surface area contributed by atoms with Crippen LogP contribution in [0.1, 0.15) is 50.3 Å². The van der Waals surface area contributed by atoms with Crippen molar-refractivity contribution < 1.29 is 9.53 Å². The van der Waals surface area contributed by atoms with Crippen LogP contribution in [0.5, 0.6) is 5.75 Å². The molecule has 0 radical (unpaired) electrons. The average molecular weight is 388 g/mol. The largest absolute Gasteiger partial charge is 0.484 e. The predicted octanol–water partition coefficient (Wildman–Crippen LogP) is 6.15. The lowest BCUT2D eigenvalue weighted by Crippen LogP contribution is -2.21. The minimum atomic E-state index is -0.160. The molecule has 0 aliphatic heterocycles. The summed E-state index contributed by atoms with van der Waals surface area (Å²) in [5.74, 6) is 0.865. The van der Waals surface area contributed by atoms with E-state index < -0.39 is 0 Å². The van der Waals surface area contributed by atoms with Gasteiger partial charge in [0.25, 0.3) is 5.91 Å². The maximum atomic E-state index is 12.3. The Morgan fingerprint density at radius 1 is 0.862 bits per heavy atom. The molecule has 3 rings (SSSR count). The number of hydrogen-bond donors (Lipinski definition) is 1. The molecule has 0 fully saturated rings. The normalized spacial score (nSPS) is 11.3. The Hall–Kier alpha value is -3.07. The summed E-state index contributed by atoms with van der Waals surface area (Å²) in [4.78, 5) is 12.3. The molecule has 3 aromatic rings. The van der Waals surface area contributed by atoms with Gasteiger partial charge in [-0.3, -0.25) is 4.79 Å². The number of ether oxygens (including phenoxy) is 1. The first-order chi connectivity index (χ1) is 13.9. The molecule has 0 aliphatic carbocycles. The third-order valence-electron chi connectivity index (χ3n) is 5.30. The molecule has 0 aromatic heterocycles. The lowest BCUT2D eigenvalue weighted by atomic mass is 9.78. The summed E-state index contributed by atoms with van der Waals surface area (Å²) in [7, 11) is 0. The number of carbonyl (C=O) groups excluding carboxylic acids is 1. The first-order valence-electron chi connectivity index (χ1n) is 10.1. The second-order valence-electron chi connectivity index (χ2n) is 8.09. The van der Waals surface area contributed by atoms with Gasteiger partial charge in [-0.1, -0.05) is 88.4 Å². The van der Waals surface area contributed by atoms with Gasteiger partial charge in [0.05, 0.1) is 0 Å². The summed E-state index contributed by atoms with van der Waals surface area (Å²) in [5.41, 5.74) is 4.32. The Balaban J connectivity index is 1.61. The lowest BCUT2D eigenvalue weighted by Gasteiger charge is -2.26. The zero-order chi connectivity index (χ0) is 20.9. The molecule has 3 heteroatoms. The van der Waals surface area contributed by atoms with Gasteiger partial charge in [-0.15, -0.1) is 0 Å². The van der Waals surface area contributed by atoms with Crippen molar-refractivity contribution in [1.29, 1.82) is 0 Å². The molecule has 0 atom stereocenters. The van der Waals surface area contributed by atoms with Crippen molar-refractivity contribution >= 4 is 11.6 Å². The van der Waals surface area contributed by atoms with Crippen LogP contribution in [0.15, 0.2) is 78.9 Å². The minimum Gasteiger partial charge on any atom is -0.484 e. The van der Waals surface area contributed by atoms with E-state index in [-0.39, 0.29) is 17.9 Å². The molecule has 1 N–H and O–H groups in total. The third kappa shape index (κ3) is 5.05. The van der Waals surface area contributed by atoms with Gasteiger partial charge in [0.15, 0.2) is 6.61 Å². The average Bonchev–Trinajstić information content (AvgIpc) is 2.73. The SMILES string of the molecule is CC(C)c1ccccc1NC(=O)COc1ccc(C(C)(C)c2ccccc2)cc1. The fourth-order valence-electron chi connectivity index (χ4n) is 3.44. The van der Waals surface area contributed by atoms with Gasteiger partial charge >= 0.3 is 0 Å². The molecule has 0 bridgehead atoms. The van der Waals surface area contributed by atoms with E-state index in [9.17, 15) is 4.79 Å². The Morgan fingerprint density at radius 2 is 1.45 bits per heavy atom. The van der Waals surface area contributed by atoms with Crippen molar-refractivity contribution in [2.75, 3.05) is 11.9 Å². The highest BCUT2D eigenvalue weighted by Crippen LogP contribution is 2.32. The highest BCUT2D eigenvalue weighted by Gasteiger charge is 2.22. The van der Waals surface area contributed by atoms with Gasteiger partial charge in [0.1, 0.15) is 5.75 Å². The van der Waals surface area contributed by atoms with Crippen molar-refractivity contribution in [3.63, 3.8) is 0 Å². The zero-order valence-electron chi connectivity index (χ0n) is 17.6. The number of nitrogens with one attached hydrogen (secondary N) is 1. The van der Waals surface area contributed by atoms with E-state index in [1.807, 2.05) is 42.5 Å². The number of hydrogen-bond acceptors (Lipinski definition) is 2. The van der Waals surface area contributed by atoms with Gasteiger partial charge in [-0.2, -0.15) is 0 Å². The summed E-state index contributed by atoms with van der Waals surface area (Å²) in [6, 6.07) is 26.3. The van der Waals surface area contributed by atoms with Crippen LogP contribution in [0, 0.1) is 0 Å². The maximum Gasteiger partial charge on any atom is 0.262 e. The van der Waals surface area contributed by atoms with E-state index in [4.69, 9.17) is 4.74 Å². The second kappa shape index (κ2) is 8.95. The maximum absolute atomic E-state index is 12.3. The summed E-state index contributed by atoms with van der Waals surface area (Å²) in [5, 5.41) is 2.96. The van der Waals surface area contributed by atoms with Crippen LogP contribution in [0.3, 0.4) is 0 Å². The van der Waals surface area contributed by atoms with Gasteiger partial charge < -0.3 is 10.1 Å². The molecular weight excluding hydrogens is 358 g/mol. The molecular formula is C26H29NO2. The number of amides is 1. The van der Waals surface area contributed by atoms with Crippen LogP contribution in [-0.2, 0) is 10.2 Å². The van der Waals surface area contributed by atoms with Crippen LogP contribution in [-0.4, -0.2) is 12.5 Å². The first-order valence-corrected chi connectivity index (χ1v) is 10.1. The van der Waals surface area contributed by atoms with Gasteiger partial charge in [-0.05, 0) is 40.8 Å². The van der Waals surface area contributed by atoms with Crippen LogP contribution < -0.4 is 10.1 Å². The highest BCUT2D eigenvalue weighted by atomic mass is 16.5. The minimum absolute atomic E-state index is 0.0200. The topological polar surface area (TPSA) is 38.3 Å². The van der Waals surface area contributed by atoms with Gasteiger partial charge in [0.2, 0.25) is 0 Å². The van der Waals surface area contributed by atoms with E-state index in [1.54, 1.807) is 0 Å². The quantitative estimate of drug-likeness (QED) is 0.528. The highest BCUT2D eigenvalue weighted by molar-refractivity contribution is 5.92. The summed E-state index contributed by atoms with van der Waals surface area (Å²) >= 11 is 0. The predicted molar refractivity (Wildman–Crippen MR) is 120 cm³/mol. The smallest absolute Gasteiger partial charge is 0.262 e. The third-order valence-corrected chi connectivity index (χ3v) is 5.30. The van der Waals surface area contributed by atoms with Crippen molar-refractivity contribution in [3.05, 3.63) is 95.6 Å². The molecule has 0 saturated carbocycles. The molecule has 3 aromatic carbocycles. The van der Waals surface area contributed by atoms with Crippen LogP contribution in [0.4, 0.5) is 5.69 Å². The summed E-state index contributed by atoms with van der Waals surface area (Å²) in [6.45, 7) is 8.61. The molecule has 0 aliphatic rings. The fourth-order valence-corrected chi connectivity index (χ4v) is 3.44. The summed E-state index contributed by atoms with van der Waals surface area (Å²) in [6.07, 6.45) is 0. The molecule has 1 amide bonds. The molecule has 0 unspecified atom stereocenters. The standard InChI is InChI=1S/C26H29NO2/c1-19(2)23-12-8-9-13-24(23)27-25(28)18-29-22-16-14-21(15-17-22)26(3,4)20-10-6-5-7-11-20/h5-17,19H,18H2,1-4H3,(H,27,28). The number of carbonyl (C=O) groups is 1. The summed E-state index contributed by atoms with van der Waals surface area (Å²) < 4.78 is 5.70. The number of benzene rings is 3. The number of para-hydroxylation sites is 1. The number of anilines is 1.